The van der Waals surface area contributed by atoms with E-state index in [-0.39, 0.29) is 19.0 Å². The van der Waals surface area contributed by atoms with E-state index >= 15 is 0 Å². The van der Waals surface area contributed by atoms with Gasteiger partial charge in [-0.15, -0.1) is 10.1 Å². The quantitative estimate of drug-likeness (QED) is 0.219. The number of amides is 2. The van der Waals surface area contributed by atoms with Crippen LogP contribution in [-0.2, 0) is 19.2 Å². The Kier molecular flexibility index (Phi) is 8.10. The molecule has 10 nitrogen and oxygen atoms in total. The summed E-state index contributed by atoms with van der Waals surface area (Å²) in [7, 11) is 1.59. The Bertz CT molecular complexity index is 1060. The topological polar surface area (TPSA) is 125 Å². The van der Waals surface area contributed by atoms with Gasteiger partial charge in [-0.1, -0.05) is 36.0 Å². The minimum Gasteiger partial charge on any atom is -0.497 e. The van der Waals surface area contributed by atoms with Crippen molar-refractivity contribution in [3.05, 3.63) is 52.1 Å². The minimum absolute atomic E-state index is 0.0149. The van der Waals surface area contributed by atoms with Crippen LogP contribution in [0.25, 0.3) is 10.8 Å². The van der Waals surface area contributed by atoms with E-state index in [0.717, 1.165) is 38.7 Å². The fourth-order valence-electron chi connectivity index (χ4n) is 3.44. The van der Waals surface area contributed by atoms with Crippen molar-refractivity contribution in [1.29, 1.82) is 0 Å². The summed E-state index contributed by atoms with van der Waals surface area (Å²) in [4.78, 5) is 53.4. The van der Waals surface area contributed by atoms with E-state index in [4.69, 9.17) is 9.47 Å². The summed E-state index contributed by atoms with van der Waals surface area (Å²) in [5.41, 5.74) is 0.722. The smallest absolute Gasteiger partial charge is 0.330 e. The maximum absolute atomic E-state index is 13.2. The molecule has 33 heavy (non-hydrogen) atoms. The second kappa shape index (κ2) is 11.0. The first-order valence-corrected chi connectivity index (χ1v) is 11.3. The van der Waals surface area contributed by atoms with Gasteiger partial charge in [0.25, 0.3) is 10.3 Å². The van der Waals surface area contributed by atoms with Gasteiger partial charge >= 0.3 is 5.97 Å². The predicted octanol–water partition coefficient (Wildman–Crippen LogP) is 3.55. The third-order valence-electron chi connectivity index (χ3n) is 5.30. The van der Waals surface area contributed by atoms with E-state index in [0.29, 0.717) is 12.8 Å². The first kappa shape index (κ1) is 24.3. The summed E-state index contributed by atoms with van der Waals surface area (Å²) < 4.78 is 10.4. The molecule has 2 aromatic carbocycles. The lowest BCUT2D eigenvalue weighted by Gasteiger charge is -2.24. The number of rotatable bonds is 10. The van der Waals surface area contributed by atoms with Crippen LogP contribution >= 0.6 is 11.8 Å². The number of nitrogens with zero attached hydrogens (tertiary/aromatic N) is 2. The van der Waals surface area contributed by atoms with Crippen LogP contribution in [0, 0.1) is 10.1 Å². The summed E-state index contributed by atoms with van der Waals surface area (Å²) >= 11 is 0.896. The highest BCUT2D eigenvalue weighted by Crippen LogP contribution is 2.31. The van der Waals surface area contributed by atoms with Crippen molar-refractivity contribution in [2.24, 2.45) is 0 Å². The summed E-state index contributed by atoms with van der Waals surface area (Å²) in [5.74, 6) is -0.939. The van der Waals surface area contributed by atoms with Gasteiger partial charge in [0.05, 0.1) is 26.2 Å². The average Bonchev–Trinajstić information content (AvgIpc) is 3.20. The van der Waals surface area contributed by atoms with E-state index < -0.39 is 34.2 Å². The van der Waals surface area contributed by atoms with Crippen molar-refractivity contribution in [2.75, 3.05) is 26.1 Å². The number of hydrogen-bond acceptors (Lipinski definition) is 9. The van der Waals surface area contributed by atoms with E-state index in [1.807, 2.05) is 36.4 Å². The molecule has 1 unspecified atom stereocenters. The second-order valence-corrected chi connectivity index (χ2v) is 8.40. The fourth-order valence-corrected chi connectivity index (χ4v) is 4.38. The van der Waals surface area contributed by atoms with Gasteiger partial charge in [0.2, 0.25) is 5.91 Å². The molecule has 11 heteroatoms. The molecule has 1 heterocycles. The summed E-state index contributed by atoms with van der Waals surface area (Å²) in [6, 6.07) is 10.2. The monoisotopic (exact) mass is 476 g/mol. The highest BCUT2D eigenvalue weighted by Gasteiger charge is 2.43. The second-order valence-electron chi connectivity index (χ2n) is 7.43. The number of carbonyl (C=O) groups is 3. The zero-order valence-corrected chi connectivity index (χ0v) is 19.0. The Labute approximate surface area is 194 Å². The van der Waals surface area contributed by atoms with Gasteiger partial charge < -0.3 is 14.3 Å². The number of thioether (sulfide) groups is 1. The molecule has 0 N–H and O–H groups in total. The van der Waals surface area contributed by atoms with E-state index in [1.54, 1.807) is 14.0 Å². The molecule has 2 aromatic rings. The van der Waals surface area contributed by atoms with Crippen molar-refractivity contribution in [1.82, 2.24) is 4.90 Å². The number of unbranched alkanes of at least 4 members (excludes halogenated alkanes) is 1. The van der Waals surface area contributed by atoms with Crippen LogP contribution in [0.1, 0.15) is 31.2 Å². The average molecular weight is 477 g/mol. The van der Waals surface area contributed by atoms with Crippen LogP contribution in [0.3, 0.4) is 0 Å². The maximum atomic E-state index is 13.2. The SMILES string of the molecule is COc1ccc2cc([C@H](C)C(=O)N3C(=O)SCC3C(=O)OCCCCO[N+](=O)[O-])ccc2c1. The molecule has 1 aliphatic rings. The van der Waals surface area contributed by atoms with Gasteiger partial charge in [-0.3, -0.25) is 14.5 Å². The molecule has 176 valence electrons. The molecule has 0 radical (unpaired) electrons. The number of fused-ring (bicyclic) bond motifs is 1. The van der Waals surface area contributed by atoms with Crippen LogP contribution in [0.2, 0.25) is 0 Å². The molecule has 1 aliphatic heterocycles. The molecule has 0 spiro atoms. The number of hydrogen-bond donors (Lipinski definition) is 0. The van der Waals surface area contributed by atoms with Gasteiger partial charge in [-0.25, -0.2) is 4.79 Å². The number of imide groups is 1. The van der Waals surface area contributed by atoms with Crippen molar-refractivity contribution >= 4 is 39.7 Å². The van der Waals surface area contributed by atoms with E-state index in [9.17, 15) is 24.5 Å². The Balaban J connectivity index is 1.64. The third kappa shape index (κ3) is 5.92. The van der Waals surface area contributed by atoms with Gasteiger partial charge in [-0.2, -0.15) is 0 Å². The lowest BCUT2D eigenvalue weighted by atomic mass is 9.96. The Morgan fingerprint density at radius 2 is 1.88 bits per heavy atom. The molecule has 1 fully saturated rings. The van der Waals surface area contributed by atoms with Gasteiger partial charge in [0, 0.05) is 5.75 Å². The standard InChI is InChI=1S/C22H24N2O8S/c1-14(15-5-6-17-12-18(30-2)8-7-16(17)11-15)20(25)23-19(13-33-22(23)27)21(26)31-9-3-4-10-32-24(28)29/h5-8,11-12,14,19H,3-4,9-10,13H2,1-2H3/t14-,19?/m0/s1. The predicted molar refractivity (Wildman–Crippen MR) is 121 cm³/mol. The molecule has 0 bridgehead atoms. The highest BCUT2D eigenvalue weighted by molar-refractivity contribution is 8.14. The molecule has 3 rings (SSSR count). The van der Waals surface area contributed by atoms with Crippen molar-refractivity contribution in [3.8, 4) is 5.75 Å². The van der Waals surface area contributed by atoms with Gasteiger partial charge in [0.1, 0.15) is 11.8 Å². The van der Waals surface area contributed by atoms with Crippen LogP contribution < -0.4 is 4.74 Å². The molecule has 0 saturated carbocycles. The van der Waals surface area contributed by atoms with Crippen LogP contribution in [0.4, 0.5) is 4.79 Å². The van der Waals surface area contributed by atoms with E-state index in [2.05, 4.69) is 4.84 Å². The first-order chi connectivity index (χ1) is 15.8. The lowest BCUT2D eigenvalue weighted by molar-refractivity contribution is -0.757. The fraction of sp³-hybridized carbons (Fsp3) is 0.409. The first-order valence-electron chi connectivity index (χ1n) is 10.3. The molecule has 1 saturated heterocycles. The largest absolute Gasteiger partial charge is 0.497 e. The lowest BCUT2D eigenvalue weighted by Crippen LogP contribution is -2.46. The maximum Gasteiger partial charge on any atom is 0.330 e. The van der Waals surface area contributed by atoms with Crippen molar-refractivity contribution in [3.63, 3.8) is 0 Å². The Hall–Kier alpha value is -3.34. The number of ether oxygens (including phenoxy) is 2. The molecule has 2 amide bonds. The van der Waals surface area contributed by atoms with Gasteiger partial charge in [-0.05, 0) is 48.2 Å². The van der Waals surface area contributed by atoms with Crippen molar-refractivity contribution < 1.29 is 33.8 Å². The molecule has 2 atom stereocenters. The Morgan fingerprint density at radius 1 is 1.18 bits per heavy atom. The van der Waals surface area contributed by atoms with Crippen LogP contribution in [0.15, 0.2) is 36.4 Å². The normalized spacial score (nSPS) is 16.5. The number of carbonyl (C=O) groups excluding carboxylic acids is 3. The summed E-state index contributed by atoms with van der Waals surface area (Å²) in [5, 5.41) is 10.6. The summed E-state index contributed by atoms with van der Waals surface area (Å²) in [6.45, 7) is 1.62. The van der Waals surface area contributed by atoms with Crippen LogP contribution in [0.5, 0.6) is 5.75 Å². The number of benzene rings is 2. The number of esters is 1. The molecule has 0 aromatic heterocycles. The summed E-state index contributed by atoms with van der Waals surface area (Å²) in [6.07, 6.45) is 0.694. The third-order valence-corrected chi connectivity index (χ3v) is 6.23. The van der Waals surface area contributed by atoms with Crippen LogP contribution in [-0.4, -0.2) is 59.2 Å². The zero-order chi connectivity index (χ0) is 24.0. The number of methoxy groups -OCH3 is 1. The highest BCUT2D eigenvalue weighted by atomic mass is 32.2. The van der Waals surface area contributed by atoms with Crippen molar-refractivity contribution in [2.45, 2.75) is 31.7 Å². The minimum atomic E-state index is -1.00. The molecular formula is C22H24N2O8S. The zero-order valence-electron chi connectivity index (χ0n) is 18.2. The van der Waals surface area contributed by atoms with E-state index in [1.165, 1.54) is 0 Å². The molecule has 0 aliphatic carbocycles. The Morgan fingerprint density at radius 3 is 2.61 bits per heavy atom. The molecular weight excluding hydrogens is 452 g/mol. The van der Waals surface area contributed by atoms with Gasteiger partial charge in [0.15, 0.2) is 0 Å².